The molecule has 0 unspecified atom stereocenters. The first-order valence-electron chi connectivity index (χ1n) is 8.35. The second-order valence-corrected chi connectivity index (χ2v) is 9.83. The van der Waals surface area contributed by atoms with Crippen molar-refractivity contribution in [3.8, 4) is 0 Å². The molecule has 0 radical (unpaired) electrons. The van der Waals surface area contributed by atoms with Crippen LogP contribution in [0.4, 0.5) is 5.82 Å². The van der Waals surface area contributed by atoms with Crippen LogP contribution in [0.5, 0.6) is 0 Å². The summed E-state index contributed by atoms with van der Waals surface area (Å²) in [5.41, 5.74) is 0. The maximum Gasteiger partial charge on any atom is 0.242 e. The highest BCUT2D eigenvalue weighted by Gasteiger charge is 2.24. The van der Waals surface area contributed by atoms with Crippen LogP contribution in [-0.2, 0) is 20.0 Å². The van der Waals surface area contributed by atoms with E-state index in [4.69, 9.17) is 0 Å². The Balaban J connectivity index is 2.05. The van der Waals surface area contributed by atoms with Gasteiger partial charge in [-0.25, -0.2) is 26.5 Å². The van der Waals surface area contributed by atoms with Gasteiger partial charge in [-0.2, -0.15) is 4.31 Å². The van der Waals surface area contributed by atoms with Crippen molar-refractivity contribution >= 4 is 25.9 Å². The minimum Gasteiger partial charge on any atom is -0.354 e. The standard InChI is InChI=1S/C15H26N4O4S2/c1-4-13(5-2)17-25(22,23)14-6-7-15(16-12-14)18-8-10-19(11-9-18)24(3,20)21/h6-7,12-13,17H,4-5,8-11H2,1-3H3. The van der Waals surface area contributed by atoms with E-state index in [2.05, 4.69) is 9.71 Å². The molecule has 1 aliphatic heterocycles. The molecule has 0 amide bonds. The number of hydrogen-bond acceptors (Lipinski definition) is 6. The van der Waals surface area contributed by atoms with Gasteiger partial charge in [0.15, 0.2) is 0 Å². The van der Waals surface area contributed by atoms with Crippen molar-refractivity contribution < 1.29 is 16.8 Å². The fourth-order valence-corrected chi connectivity index (χ4v) is 4.88. The largest absolute Gasteiger partial charge is 0.354 e. The third-order valence-corrected chi connectivity index (χ3v) is 7.18. The number of nitrogens with zero attached hydrogens (tertiary/aromatic N) is 3. The Hall–Kier alpha value is -1.23. The first-order valence-corrected chi connectivity index (χ1v) is 11.7. The van der Waals surface area contributed by atoms with Crippen LogP contribution in [0.1, 0.15) is 26.7 Å². The lowest BCUT2D eigenvalue weighted by Gasteiger charge is -2.34. The predicted molar refractivity (Wildman–Crippen MR) is 97.6 cm³/mol. The van der Waals surface area contributed by atoms with E-state index in [-0.39, 0.29) is 10.9 Å². The predicted octanol–water partition coefficient (Wildman–Crippen LogP) is 0.630. The molecule has 1 aliphatic rings. The molecule has 0 aliphatic carbocycles. The highest BCUT2D eigenvalue weighted by molar-refractivity contribution is 7.89. The second kappa shape index (κ2) is 7.98. The maximum atomic E-state index is 12.4. The van der Waals surface area contributed by atoms with Gasteiger partial charge in [0, 0.05) is 38.4 Å². The van der Waals surface area contributed by atoms with Crippen LogP contribution in [0.3, 0.4) is 0 Å². The fraction of sp³-hybridized carbons (Fsp3) is 0.667. The van der Waals surface area contributed by atoms with Crippen molar-refractivity contribution in [3.05, 3.63) is 18.3 Å². The van der Waals surface area contributed by atoms with Gasteiger partial charge in [0.2, 0.25) is 20.0 Å². The van der Waals surface area contributed by atoms with Gasteiger partial charge in [0.25, 0.3) is 0 Å². The zero-order chi connectivity index (χ0) is 18.7. The number of nitrogens with one attached hydrogen (secondary N) is 1. The van der Waals surface area contributed by atoms with Crippen molar-refractivity contribution in [2.75, 3.05) is 37.3 Å². The SMILES string of the molecule is CCC(CC)NS(=O)(=O)c1ccc(N2CCN(S(C)(=O)=O)CC2)nc1. The lowest BCUT2D eigenvalue weighted by molar-refractivity contribution is 0.387. The van der Waals surface area contributed by atoms with Gasteiger partial charge in [-0.05, 0) is 25.0 Å². The van der Waals surface area contributed by atoms with Gasteiger partial charge in [-0.1, -0.05) is 13.8 Å². The van der Waals surface area contributed by atoms with Crippen LogP contribution in [0, 0.1) is 0 Å². The smallest absolute Gasteiger partial charge is 0.242 e. The molecule has 2 rings (SSSR count). The summed E-state index contributed by atoms with van der Waals surface area (Å²) < 4.78 is 51.9. The first-order chi connectivity index (χ1) is 11.7. The molecule has 0 bridgehead atoms. The van der Waals surface area contributed by atoms with Crippen molar-refractivity contribution in [2.45, 2.75) is 37.6 Å². The Morgan fingerprint density at radius 3 is 2.12 bits per heavy atom. The Morgan fingerprint density at radius 1 is 1.08 bits per heavy atom. The van der Waals surface area contributed by atoms with E-state index in [0.717, 1.165) is 12.8 Å². The zero-order valence-corrected chi connectivity index (χ0v) is 16.5. The number of sulfonamides is 2. The van der Waals surface area contributed by atoms with E-state index >= 15 is 0 Å². The minimum atomic E-state index is -3.58. The van der Waals surface area contributed by atoms with Crippen molar-refractivity contribution in [3.63, 3.8) is 0 Å². The Kier molecular flexibility index (Phi) is 6.41. The van der Waals surface area contributed by atoms with E-state index < -0.39 is 20.0 Å². The summed E-state index contributed by atoms with van der Waals surface area (Å²) in [6, 6.07) is 3.11. The van der Waals surface area contributed by atoms with Crippen LogP contribution in [0.15, 0.2) is 23.2 Å². The lowest BCUT2D eigenvalue weighted by atomic mass is 10.2. The highest BCUT2D eigenvalue weighted by atomic mass is 32.2. The van der Waals surface area contributed by atoms with E-state index in [1.54, 1.807) is 6.07 Å². The molecular weight excluding hydrogens is 364 g/mol. The molecule has 25 heavy (non-hydrogen) atoms. The third kappa shape index (κ3) is 5.13. The molecule has 0 saturated carbocycles. The maximum absolute atomic E-state index is 12.4. The van der Waals surface area contributed by atoms with Gasteiger partial charge >= 0.3 is 0 Å². The topological polar surface area (TPSA) is 99.7 Å². The summed E-state index contributed by atoms with van der Waals surface area (Å²) in [6.45, 7) is 5.73. The molecule has 142 valence electrons. The summed E-state index contributed by atoms with van der Waals surface area (Å²) >= 11 is 0. The van der Waals surface area contributed by atoms with Gasteiger partial charge < -0.3 is 4.90 Å². The first kappa shape index (κ1) is 20.1. The molecule has 0 atom stereocenters. The van der Waals surface area contributed by atoms with E-state index in [1.165, 1.54) is 22.8 Å². The summed E-state index contributed by atoms with van der Waals surface area (Å²) in [4.78, 5) is 6.34. The zero-order valence-electron chi connectivity index (χ0n) is 14.8. The van der Waals surface area contributed by atoms with Gasteiger partial charge in [-0.3, -0.25) is 0 Å². The fourth-order valence-electron chi connectivity index (χ4n) is 2.71. The third-order valence-electron chi connectivity index (χ3n) is 4.37. The molecule has 1 aromatic rings. The number of pyridine rings is 1. The van der Waals surface area contributed by atoms with Crippen molar-refractivity contribution in [1.29, 1.82) is 0 Å². The van der Waals surface area contributed by atoms with E-state index in [1.807, 2.05) is 18.7 Å². The van der Waals surface area contributed by atoms with Crippen LogP contribution < -0.4 is 9.62 Å². The molecule has 8 nitrogen and oxygen atoms in total. The lowest BCUT2D eigenvalue weighted by Crippen LogP contribution is -2.48. The molecular formula is C15H26N4O4S2. The Morgan fingerprint density at radius 2 is 1.68 bits per heavy atom. The second-order valence-electron chi connectivity index (χ2n) is 6.14. The monoisotopic (exact) mass is 390 g/mol. The number of rotatable bonds is 7. The average molecular weight is 391 g/mol. The van der Waals surface area contributed by atoms with Gasteiger partial charge in [0.05, 0.1) is 6.26 Å². The van der Waals surface area contributed by atoms with Crippen LogP contribution in [0.25, 0.3) is 0 Å². The van der Waals surface area contributed by atoms with Crippen LogP contribution in [0.2, 0.25) is 0 Å². The Bertz CT molecular complexity index is 766. The van der Waals surface area contributed by atoms with E-state index in [0.29, 0.717) is 32.0 Å². The molecule has 2 heterocycles. The number of anilines is 1. The van der Waals surface area contributed by atoms with Crippen LogP contribution in [-0.4, -0.2) is 64.6 Å². The molecule has 1 aromatic heterocycles. The Labute approximate surface area is 150 Å². The molecule has 10 heteroatoms. The molecule has 0 aromatic carbocycles. The average Bonchev–Trinajstić information content (AvgIpc) is 2.59. The van der Waals surface area contributed by atoms with Gasteiger partial charge in [-0.15, -0.1) is 0 Å². The number of piperazine rings is 1. The molecule has 0 spiro atoms. The van der Waals surface area contributed by atoms with E-state index in [9.17, 15) is 16.8 Å². The summed E-state index contributed by atoms with van der Waals surface area (Å²) in [5, 5.41) is 0. The molecule has 1 saturated heterocycles. The minimum absolute atomic E-state index is 0.0891. The summed E-state index contributed by atoms with van der Waals surface area (Å²) in [7, 11) is -6.75. The number of aromatic nitrogens is 1. The van der Waals surface area contributed by atoms with Crippen molar-refractivity contribution in [1.82, 2.24) is 14.0 Å². The highest BCUT2D eigenvalue weighted by Crippen LogP contribution is 2.18. The number of hydrogen-bond donors (Lipinski definition) is 1. The van der Waals surface area contributed by atoms with Crippen LogP contribution >= 0.6 is 0 Å². The molecule has 1 fully saturated rings. The van der Waals surface area contributed by atoms with Crippen molar-refractivity contribution in [2.24, 2.45) is 0 Å². The molecule has 1 N–H and O–H groups in total. The summed E-state index contributed by atoms with van der Waals surface area (Å²) in [5.74, 6) is 0.648. The summed E-state index contributed by atoms with van der Waals surface area (Å²) in [6.07, 6.45) is 4.01. The van der Waals surface area contributed by atoms with Gasteiger partial charge in [0.1, 0.15) is 10.7 Å². The quantitative estimate of drug-likeness (QED) is 0.733. The normalized spacial score (nSPS) is 17.2.